The molecule has 3 aromatic rings. The zero-order chi connectivity index (χ0) is 18.6. The van der Waals surface area contributed by atoms with Crippen molar-refractivity contribution < 1.29 is 14.2 Å². The van der Waals surface area contributed by atoms with Crippen LogP contribution in [0.2, 0.25) is 0 Å². The number of hydrogen-bond acceptors (Lipinski definition) is 5. The number of aliphatic hydroxyl groups is 1. The highest BCUT2D eigenvalue weighted by Crippen LogP contribution is 2.33. The molecule has 0 amide bonds. The van der Waals surface area contributed by atoms with Crippen LogP contribution in [0.15, 0.2) is 48.5 Å². The standard InChI is InChI=1S/C21H23FN2O2S/c22-17-5-1-3-7-19(17)26-14-16(25)13-24-11-9-15(10-12-24)21-23-18-6-2-4-8-20(18)27-21/h1-8,15-16,25H,9-14H2. The van der Waals surface area contributed by atoms with Crippen molar-refractivity contribution in [1.82, 2.24) is 9.88 Å². The number of rotatable bonds is 6. The first-order valence-corrected chi connectivity index (χ1v) is 10.1. The van der Waals surface area contributed by atoms with E-state index in [0.717, 1.165) is 31.4 Å². The number of β-amino-alcohol motifs (C(OH)–C–C–N with tert-alkyl or cyclic N) is 1. The fourth-order valence-electron chi connectivity index (χ4n) is 3.53. The molecule has 27 heavy (non-hydrogen) atoms. The lowest BCUT2D eigenvalue weighted by Crippen LogP contribution is -2.40. The van der Waals surface area contributed by atoms with Crippen molar-refractivity contribution in [3.05, 3.63) is 59.4 Å². The van der Waals surface area contributed by atoms with Crippen molar-refractivity contribution in [2.75, 3.05) is 26.2 Å². The summed E-state index contributed by atoms with van der Waals surface area (Å²) < 4.78 is 20.2. The van der Waals surface area contributed by atoms with Crippen LogP contribution in [0, 0.1) is 5.82 Å². The van der Waals surface area contributed by atoms with Gasteiger partial charge < -0.3 is 14.7 Å². The highest BCUT2D eigenvalue weighted by molar-refractivity contribution is 7.18. The number of aromatic nitrogens is 1. The lowest BCUT2D eigenvalue weighted by Gasteiger charge is -2.32. The van der Waals surface area contributed by atoms with E-state index in [2.05, 4.69) is 23.1 Å². The lowest BCUT2D eigenvalue weighted by atomic mass is 9.97. The number of nitrogens with zero attached hydrogens (tertiary/aromatic N) is 2. The van der Waals surface area contributed by atoms with Crippen LogP contribution in [-0.4, -0.2) is 47.3 Å². The first kappa shape index (κ1) is 18.3. The van der Waals surface area contributed by atoms with Crippen LogP contribution < -0.4 is 4.74 Å². The first-order valence-electron chi connectivity index (χ1n) is 9.32. The molecular formula is C21H23FN2O2S. The molecule has 0 aliphatic carbocycles. The van der Waals surface area contributed by atoms with E-state index < -0.39 is 11.9 Å². The minimum absolute atomic E-state index is 0.0960. The van der Waals surface area contributed by atoms with Crippen LogP contribution in [0.5, 0.6) is 5.75 Å². The Morgan fingerprint density at radius 2 is 1.89 bits per heavy atom. The van der Waals surface area contributed by atoms with E-state index in [1.54, 1.807) is 29.5 Å². The largest absolute Gasteiger partial charge is 0.488 e. The molecule has 2 heterocycles. The molecule has 1 unspecified atom stereocenters. The zero-order valence-corrected chi connectivity index (χ0v) is 15.9. The molecule has 4 nitrogen and oxygen atoms in total. The second-order valence-electron chi connectivity index (χ2n) is 6.99. The van der Waals surface area contributed by atoms with Gasteiger partial charge in [0.1, 0.15) is 12.7 Å². The van der Waals surface area contributed by atoms with Crippen molar-refractivity contribution in [2.24, 2.45) is 0 Å². The summed E-state index contributed by atoms with van der Waals surface area (Å²) in [4.78, 5) is 7.04. The Morgan fingerprint density at radius 3 is 2.67 bits per heavy atom. The number of thiazole rings is 1. The van der Waals surface area contributed by atoms with Gasteiger partial charge in [-0.15, -0.1) is 11.3 Å². The Hall–Kier alpha value is -2.02. The van der Waals surface area contributed by atoms with Gasteiger partial charge in [-0.2, -0.15) is 0 Å². The summed E-state index contributed by atoms with van der Waals surface area (Å²) in [6.45, 7) is 2.49. The molecule has 1 atom stereocenters. The predicted molar refractivity (Wildman–Crippen MR) is 106 cm³/mol. The van der Waals surface area contributed by atoms with Gasteiger partial charge in [0, 0.05) is 12.5 Å². The van der Waals surface area contributed by atoms with E-state index >= 15 is 0 Å². The van der Waals surface area contributed by atoms with Crippen LogP contribution in [0.3, 0.4) is 0 Å². The van der Waals surface area contributed by atoms with Gasteiger partial charge in [-0.05, 0) is 50.2 Å². The number of likely N-dealkylation sites (tertiary alicyclic amines) is 1. The van der Waals surface area contributed by atoms with Gasteiger partial charge in [0.05, 0.1) is 15.2 Å². The number of para-hydroxylation sites is 2. The average Bonchev–Trinajstić information content (AvgIpc) is 3.12. The number of piperidine rings is 1. The monoisotopic (exact) mass is 386 g/mol. The fourth-order valence-corrected chi connectivity index (χ4v) is 4.66. The highest BCUT2D eigenvalue weighted by Gasteiger charge is 2.24. The molecule has 0 radical (unpaired) electrons. The third-order valence-electron chi connectivity index (χ3n) is 4.98. The Balaban J connectivity index is 1.26. The highest BCUT2D eigenvalue weighted by atomic mass is 32.1. The van der Waals surface area contributed by atoms with E-state index in [4.69, 9.17) is 9.72 Å². The maximum atomic E-state index is 13.6. The average molecular weight is 386 g/mol. The summed E-state index contributed by atoms with van der Waals surface area (Å²) in [5.41, 5.74) is 1.08. The number of fused-ring (bicyclic) bond motifs is 1. The number of halogens is 1. The normalized spacial score (nSPS) is 17.3. The van der Waals surface area contributed by atoms with Crippen molar-refractivity contribution in [2.45, 2.75) is 24.9 Å². The van der Waals surface area contributed by atoms with Gasteiger partial charge in [-0.1, -0.05) is 24.3 Å². The number of hydrogen-bond donors (Lipinski definition) is 1. The minimum atomic E-state index is -0.636. The first-order chi connectivity index (χ1) is 13.2. The van der Waals surface area contributed by atoms with Crippen LogP contribution >= 0.6 is 11.3 Å². The predicted octanol–water partition coefficient (Wildman–Crippen LogP) is 4.05. The molecule has 142 valence electrons. The molecule has 0 saturated carbocycles. The summed E-state index contributed by atoms with van der Waals surface area (Å²) >= 11 is 1.79. The maximum absolute atomic E-state index is 13.6. The molecule has 0 spiro atoms. The second kappa shape index (κ2) is 8.33. The molecule has 1 aliphatic heterocycles. The molecule has 6 heteroatoms. The fraction of sp³-hybridized carbons (Fsp3) is 0.381. The molecule has 1 saturated heterocycles. The van der Waals surface area contributed by atoms with Gasteiger partial charge in [-0.3, -0.25) is 0 Å². The molecular weight excluding hydrogens is 363 g/mol. The van der Waals surface area contributed by atoms with E-state index in [1.807, 2.05) is 6.07 Å². The van der Waals surface area contributed by atoms with E-state index in [-0.39, 0.29) is 12.4 Å². The third kappa shape index (κ3) is 4.46. The van der Waals surface area contributed by atoms with Crippen LogP contribution in [0.1, 0.15) is 23.8 Å². The molecule has 1 aliphatic rings. The van der Waals surface area contributed by atoms with Crippen LogP contribution in [-0.2, 0) is 0 Å². The summed E-state index contributed by atoms with van der Waals surface area (Å²) in [6, 6.07) is 14.5. The summed E-state index contributed by atoms with van der Waals surface area (Å²) in [7, 11) is 0. The number of benzene rings is 2. The quantitative estimate of drug-likeness (QED) is 0.694. The van der Waals surface area contributed by atoms with Crippen LogP contribution in [0.4, 0.5) is 4.39 Å². The maximum Gasteiger partial charge on any atom is 0.165 e. The Morgan fingerprint density at radius 1 is 1.15 bits per heavy atom. The Labute approximate surface area is 162 Å². The summed E-state index contributed by atoms with van der Waals surface area (Å²) in [6.07, 6.45) is 1.45. The molecule has 1 aromatic heterocycles. The van der Waals surface area contributed by atoms with E-state index in [1.165, 1.54) is 15.8 Å². The molecule has 0 bridgehead atoms. The smallest absolute Gasteiger partial charge is 0.165 e. The summed E-state index contributed by atoms with van der Waals surface area (Å²) in [5.74, 6) is 0.276. The van der Waals surface area contributed by atoms with Gasteiger partial charge in [0.25, 0.3) is 0 Å². The van der Waals surface area contributed by atoms with Crippen molar-refractivity contribution in [1.29, 1.82) is 0 Å². The molecule has 4 rings (SSSR count). The lowest BCUT2D eigenvalue weighted by molar-refractivity contribution is 0.0582. The van der Waals surface area contributed by atoms with Gasteiger partial charge in [0.2, 0.25) is 0 Å². The summed E-state index contributed by atoms with van der Waals surface area (Å²) in [5, 5.41) is 11.5. The Kier molecular flexibility index (Phi) is 5.66. The minimum Gasteiger partial charge on any atom is -0.488 e. The van der Waals surface area contributed by atoms with Gasteiger partial charge in [0.15, 0.2) is 11.6 Å². The second-order valence-corrected chi connectivity index (χ2v) is 8.05. The third-order valence-corrected chi connectivity index (χ3v) is 6.18. The SMILES string of the molecule is OC(COc1ccccc1F)CN1CCC(c2nc3ccccc3s2)CC1. The topological polar surface area (TPSA) is 45.6 Å². The van der Waals surface area contributed by atoms with Crippen molar-refractivity contribution in [3.8, 4) is 5.75 Å². The van der Waals surface area contributed by atoms with Crippen molar-refractivity contribution >= 4 is 21.6 Å². The van der Waals surface area contributed by atoms with Gasteiger partial charge >= 0.3 is 0 Å². The van der Waals surface area contributed by atoms with E-state index in [9.17, 15) is 9.50 Å². The van der Waals surface area contributed by atoms with Crippen LogP contribution in [0.25, 0.3) is 10.2 Å². The van der Waals surface area contributed by atoms with Gasteiger partial charge in [-0.25, -0.2) is 9.37 Å². The number of aliphatic hydroxyl groups excluding tert-OH is 1. The molecule has 1 fully saturated rings. The number of ether oxygens (including phenoxy) is 1. The van der Waals surface area contributed by atoms with Crippen molar-refractivity contribution in [3.63, 3.8) is 0 Å². The molecule has 1 N–H and O–H groups in total. The van der Waals surface area contributed by atoms with E-state index in [0.29, 0.717) is 12.5 Å². The molecule has 2 aromatic carbocycles. The zero-order valence-electron chi connectivity index (χ0n) is 15.1. The Bertz CT molecular complexity index is 860.